The van der Waals surface area contributed by atoms with Crippen LogP contribution in [0.25, 0.3) is 10.9 Å². The first-order chi connectivity index (χ1) is 6.33. The molecule has 2 aromatic rings. The number of hydrogen-bond donors (Lipinski definition) is 1. The number of hydrogen-bond acceptors (Lipinski definition) is 2. The van der Waals surface area contributed by atoms with Gasteiger partial charge in [0.05, 0.1) is 11.7 Å². The normalized spacial score (nSPS) is 13.4. The maximum atomic E-state index is 9.62. The van der Waals surface area contributed by atoms with E-state index in [1.54, 1.807) is 10.9 Å². The molecule has 0 aliphatic heterocycles. The maximum absolute atomic E-state index is 9.62. The molecule has 1 atom stereocenters. The van der Waals surface area contributed by atoms with E-state index in [1.165, 1.54) is 0 Å². The van der Waals surface area contributed by atoms with Gasteiger partial charge >= 0.3 is 0 Å². The summed E-state index contributed by atoms with van der Waals surface area (Å²) in [6.07, 6.45) is 1.93. The molecule has 0 radical (unpaired) electrons. The molecule has 0 spiro atoms. The predicted molar refractivity (Wildman–Crippen MR) is 51.3 cm³/mol. The third-order valence-electron chi connectivity index (χ3n) is 2.15. The largest absolute Gasteiger partial charge is 0.372 e. The zero-order valence-electron chi connectivity index (χ0n) is 7.51. The van der Waals surface area contributed by atoms with Crippen molar-refractivity contribution in [2.45, 2.75) is 19.6 Å². The minimum Gasteiger partial charge on any atom is -0.372 e. The zero-order chi connectivity index (χ0) is 9.26. The Labute approximate surface area is 76.6 Å². The van der Waals surface area contributed by atoms with Gasteiger partial charge in [-0.2, -0.15) is 5.10 Å². The maximum Gasteiger partial charge on any atom is 0.147 e. The summed E-state index contributed by atoms with van der Waals surface area (Å²) in [5, 5.41) is 14.8. The van der Waals surface area contributed by atoms with Crippen molar-refractivity contribution in [1.82, 2.24) is 9.78 Å². The number of fused-ring (bicyclic) bond motifs is 1. The van der Waals surface area contributed by atoms with E-state index in [9.17, 15) is 5.11 Å². The fourth-order valence-corrected chi connectivity index (χ4v) is 1.40. The van der Waals surface area contributed by atoms with Crippen LogP contribution in [-0.4, -0.2) is 14.9 Å². The average molecular weight is 176 g/mol. The minimum absolute atomic E-state index is 0.514. The monoisotopic (exact) mass is 176 g/mol. The standard InChI is InChI=1S/C10H12N2O/c1-2-10(13)12-9-6-4-3-5-8(9)7-11-12/h3-7,10,13H,2H2,1H3. The highest BCUT2D eigenvalue weighted by Gasteiger charge is 2.07. The van der Waals surface area contributed by atoms with Crippen LogP contribution >= 0.6 is 0 Å². The number of aliphatic hydroxyl groups is 1. The molecule has 0 aliphatic rings. The van der Waals surface area contributed by atoms with Crippen LogP contribution in [0.3, 0.4) is 0 Å². The van der Waals surface area contributed by atoms with Gasteiger partial charge in [-0.25, -0.2) is 4.68 Å². The van der Waals surface area contributed by atoms with Crippen LogP contribution in [0.2, 0.25) is 0 Å². The molecule has 3 heteroatoms. The number of aliphatic hydroxyl groups excluding tert-OH is 1. The van der Waals surface area contributed by atoms with E-state index in [-0.39, 0.29) is 0 Å². The van der Waals surface area contributed by atoms with Crippen molar-refractivity contribution >= 4 is 10.9 Å². The number of aromatic nitrogens is 2. The Morgan fingerprint density at radius 3 is 3.00 bits per heavy atom. The molecule has 0 amide bonds. The van der Waals surface area contributed by atoms with Gasteiger partial charge in [0.1, 0.15) is 6.23 Å². The molecular weight excluding hydrogens is 164 g/mol. The third kappa shape index (κ3) is 1.31. The van der Waals surface area contributed by atoms with Gasteiger partial charge < -0.3 is 5.11 Å². The second-order valence-electron chi connectivity index (χ2n) is 3.04. The average Bonchev–Trinajstić information content (AvgIpc) is 2.60. The van der Waals surface area contributed by atoms with Crippen molar-refractivity contribution in [3.63, 3.8) is 0 Å². The van der Waals surface area contributed by atoms with Crippen molar-refractivity contribution in [2.24, 2.45) is 0 Å². The first-order valence-electron chi connectivity index (χ1n) is 4.43. The number of benzene rings is 1. The van der Waals surface area contributed by atoms with Gasteiger partial charge in [0.2, 0.25) is 0 Å². The highest BCUT2D eigenvalue weighted by molar-refractivity contribution is 5.78. The molecular formula is C10H12N2O. The van der Waals surface area contributed by atoms with Gasteiger partial charge in [-0.05, 0) is 12.5 Å². The molecule has 1 heterocycles. The molecule has 1 aromatic carbocycles. The summed E-state index contributed by atoms with van der Waals surface area (Å²) in [6, 6.07) is 7.86. The number of para-hydroxylation sites is 1. The van der Waals surface area contributed by atoms with Crippen LogP contribution in [0.1, 0.15) is 19.6 Å². The van der Waals surface area contributed by atoms with Gasteiger partial charge in [-0.15, -0.1) is 0 Å². The van der Waals surface area contributed by atoms with Crippen molar-refractivity contribution in [2.75, 3.05) is 0 Å². The first-order valence-corrected chi connectivity index (χ1v) is 4.43. The molecule has 0 fully saturated rings. The van der Waals surface area contributed by atoms with E-state index < -0.39 is 6.23 Å². The Hall–Kier alpha value is -1.35. The summed E-state index contributed by atoms with van der Waals surface area (Å²) in [7, 11) is 0. The second kappa shape index (κ2) is 3.18. The lowest BCUT2D eigenvalue weighted by Crippen LogP contribution is -2.07. The summed E-state index contributed by atoms with van der Waals surface area (Å²) in [6.45, 7) is 1.93. The Kier molecular flexibility index (Phi) is 2.02. The van der Waals surface area contributed by atoms with Crippen LogP contribution in [0, 0.1) is 0 Å². The molecule has 0 aliphatic carbocycles. The zero-order valence-corrected chi connectivity index (χ0v) is 7.51. The van der Waals surface area contributed by atoms with Crippen LogP contribution in [-0.2, 0) is 0 Å². The Balaban J connectivity index is 2.57. The molecule has 13 heavy (non-hydrogen) atoms. The molecule has 0 bridgehead atoms. The molecule has 0 saturated carbocycles. The summed E-state index contributed by atoms with van der Waals surface area (Å²) in [5.41, 5.74) is 0.983. The summed E-state index contributed by atoms with van der Waals surface area (Å²) >= 11 is 0. The molecule has 1 aromatic heterocycles. The molecule has 0 saturated heterocycles. The highest BCUT2D eigenvalue weighted by atomic mass is 16.3. The highest BCUT2D eigenvalue weighted by Crippen LogP contribution is 2.17. The van der Waals surface area contributed by atoms with Gasteiger partial charge in [-0.1, -0.05) is 25.1 Å². The van der Waals surface area contributed by atoms with E-state index in [1.807, 2.05) is 31.2 Å². The summed E-state index contributed by atoms with van der Waals surface area (Å²) in [4.78, 5) is 0. The van der Waals surface area contributed by atoms with Gasteiger partial charge in [-0.3, -0.25) is 0 Å². The van der Waals surface area contributed by atoms with E-state index in [2.05, 4.69) is 5.10 Å². The second-order valence-corrected chi connectivity index (χ2v) is 3.04. The summed E-state index contributed by atoms with van der Waals surface area (Å²) in [5.74, 6) is 0. The van der Waals surface area contributed by atoms with Crippen molar-refractivity contribution in [3.05, 3.63) is 30.5 Å². The van der Waals surface area contributed by atoms with Crippen LogP contribution < -0.4 is 0 Å². The van der Waals surface area contributed by atoms with E-state index in [0.717, 1.165) is 10.9 Å². The number of nitrogens with zero attached hydrogens (tertiary/aromatic N) is 2. The van der Waals surface area contributed by atoms with Gasteiger partial charge in [0, 0.05) is 5.39 Å². The van der Waals surface area contributed by atoms with Crippen molar-refractivity contribution in [1.29, 1.82) is 0 Å². The van der Waals surface area contributed by atoms with Gasteiger partial charge in [0.15, 0.2) is 0 Å². The summed E-state index contributed by atoms with van der Waals surface area (Å²) < 4.78 is 1.65. The van der Waals surface area contributed by atoms with Crippen molar-refractivity contribution in [3.8, 4) is 0 Å². The molecule has 3 nitrogen and oxygen atoms in total. The van der Waals surface area contributed by atoms with E-state index >= 15 is 0 Å². The first kappa shape index (κ1) is 8.26. The molecule has 2 rings (SSSR count). The van der Waals surface area contributed by atoms with Gasteiger partial charge in [0.25, 0.3) is 0 Å². The topological polar surface area (TPSA) is 38.0 Å². The lowest BCUT2D eigenvalue weighted by Gasteiger charge is -2.08. The molecule has 1 unspecified atom stereocenters. The van der Waals surface area contributed by atoms with Crippen molar-refractivity contribution < 1.29 is 5.11 Å². The van der Waals surface area contributed by atoms with E-state index in [4.69, 9.17) is 0 Å². The lowest BCUT2D eigenvalue weighted by molar-refractivity contribution is 0.0914. The Morgan fingerprint density at radius 2 is 2.23 bits per heavy atom. The minimum atomic E-state index is -0.514. The number of rotatable bonds is 2. The van der Waals surface area contributed by atoms with Crippen LogP contribution in [0.15, 0.2) is 30.5 Å². The molecule has 68 valence electrons. The Bertz CT molecular complexity index is 408. The SMILES string of the molecule is CCC(O)n1ncc2ccccc21. The molecule has 1 N–H and O–H groups in total. The van der Waals surface area contributed by atoms with E-state index in [0.29, 0.717) is 6.42 Å². The fourth-order valence-electron chi connectivity index (χ4n) is 1.40. The quantitative estimate of drug-likeness (QED) is 0.759. The third-order valence-corrected chi connectivity index (χ3v) is 2.15. The Morgan fingerprint density at radius 1 is 1.46 bits per heavy atom. The van der Waals surface area contributed by atoms with Crippen LogP contribution in [0.5, 0.6) is 0 Å². The fraction of sp³-hybridized carbons (Fsp3) is 0.300. The van der Waals surface area contributed by atoms with Crippen LogP contribution in [0.4, 0.5) is 0 Å². The predicted octanol–water partition coefficient (Wildman–Crippen LogP) is 1.94. The smallest absolute Gasteiger partial charge is 0.147 e. The lowest BCUT2D eigenvalue weighted by atomic mass is 10.2.